The van der Waals surface area contributed by atoms with Crippen LogP contribution in [0.4, 0.5) is 0 Å². The van der Waals surface area contributed by atoms with Gasteiger partial charge < -0.3 is 5.73 Å². The minimum atomic E-state index is 0.176. The number of hydrogen-bond donors (Lipinski definition) is 1. The van der Waals surface area contributed by atoms with Gasteiger partial charge in [-0.15, -0.1) is 0 Å². The first kappa shape index (κ1) is 10.0. The molecular weight excluding hydrogens is 237 g/mol. The van der Waals surface area contributed by atoms with Gasteiger partial charge in [0, 0.05) is 15.5 Å². The fraction of sp³-hybridized carbons (Fsp3) is 0.333. The van der Waals surface area contributed by atoms with Crippen molar-refractivity contribution in [3.63, 3.8) is 0 Å². The zero-order valence-corrected chi connectivity index (χ0v) is 9.19. The Labute approximate surface area is 86.0 Å². The third kappa shape index (κ3) is 3.13. The first-order valence-corrected chi connectivity index (χ1v) is 4.95. The molecule has 12 heavy (non-hydrogen) atoms. The topological polar surface area (TPSA) is 26.0 Å². The van der Waals surface area contributed by atoms with Crippen molar-refractivity contribution in [1.82, 2.24) is 0 Å². The monoisotopic (exact) mass is 247 g/mol. The normalized spacial score (nSPS) is 13.0. The van der Waals surface area contributed by atoms with Crippen LogP contribution in [-0.4, -0.2) is 6.04 Å². The summed E-state index contributed by atoms with van der Waals surface area (Å²) in [6.07, 6.45) is 0.860. The zero-order valence-electron chi connectivity index (χ0n) is 6.85. The van der Waals surface area contributed by atoms with Gasteiger partial charge in [-0.2, -0.15) is 0 Å². The van der Waals surface area contributed by atoms with Gasteiger partial charge in [-0.1, -0.05) is 27.5 Å². The van der Waals surface area contributed by atoms with Crippen molar-refractivity contribution in [3.05, 3.63) is 33.3 Å². The Morgan fingerprint density at radius 1 is 1.50 bits per heavy atom. The summed E-state index contributed by atoms with van der Waals surface area (Å²) in [4.78, 5) is 0. The van der Waals surface area contributed by atoms with Crippen LogP contribution in [0.15, 0.2) is 22.7 Å². The van der Waals surface area contributed by atoms with Crippen LogP contribution in [-0.2, 0) is 6.42 Å². The van der Waals surface area contributed by atoms with E-state index in [9.17, 15) is 0 Å². The summed E-state index contributed by atoms with van der Waals surface area (Å²) >= 11 is 9.24. The van der Waals surface area contributed by atoms with Gasteiger partial charge in [0.25, 0.3) is 0 Å². The molecule has 0 heterocycles. The molecule has 0 saturated carbocycles. The SMILES string of the molecule is C[C@H](N)Cc1cc(Cl)cc(Br)c1. The number of hydrogen-bond acceptors (Lipinski definition) is 1. The molecule has 2 N–H and O–H groups in total. The number of halogens is 2. The summed E-state index contributed by atoms with van der Waals surface area (Å²) in [7, 11) is 0. The van der Waals surface area contributed by atoms with Crippen molar-refractivity contribution in [2.45, 2.75) is 19.4 Å². The Hall–Kier alpha value is -0.0500. The molecule has 0 radical (unpaired) electrons. The predicted molar refractivity (Wildman–Crippen MR) is 56.5 cm³/mol. The molecule has 0 aliphatic carbocycles. The lowest BCUT2D eigenvalue weighted by molar-refractivity contribution is 0.738. The van der Waals surface area contributed by atoms with E-state index in [-0.39, 0.29) is 6.04 Å². The van der Waals surface area contributed by atoms with E-state index in [1.165, 1.54) is 5.56 Å². The number of nitrogens with two attached hydrogens (primary N) is 1. The highest BCUT2D eigenvalue weighted by Gasteiger charge is 2.00. The molecule has 0 aromatic heterocycles. The molecule has 3 heteroatoms. The van der Waals surface area contributed by atoms with Crippen molar-refractivity contribution < 1.29 is 0 Å². The summed E-state index contributed by atoms with van der Waals surface area (Å²) in [6, 6.07) is 6.02. The summed E-state index contributed by atoms with van der Waals surface area (Å²) in [5.41, 5.74) is 6.84. The lowest BCUT2D eigenvalue weighted by Crippen LogP contribution is -2.17. The molecule has 0 aliphatic rings. The van der Waals surface area contributed by atoms with Crippen molar-refractivity contribution in [3.8, 4) is 0 Å². The zero-order chi connectivity index (χ0) is 9.14. The van der Waals surface area contributed by atoms with Crippen LogP contribution in [0.1, 0.15) is 12.5 Å². The Morgan fingerprint density at radius 3 is 2.67 bits per heavy atom. The van der Waals surface area contributed by atoms with E-state index in [1.807, 2.05) is 25.1 Å². The maximum atomic E-state index is 5.86. The summed E-state index contributed by atoms with van der Waals surface area (Å²) in [5, 5.41) is 0.750. The second kappa shape index (κ2) is 4.26. The van der Waals surface area contributed by atoms with Crippen LogP contribution in [0, 0.1) is 0 Å². The third-order valence-electron chi connectivity index (χ3n) is 1.48. The smallest absolute Gasteiger partial charge is 0.0419 e. The largest absolute Gasteiger partial charge is 0.328 e. The Kier molecular flexibility index (Phi) is 3.56. The molecule has 0 fully saturated rings. The van der Waals surface area contributed by atoms with Crippen molar-refractivity contribution >= 4 is 27.5 Å². The molecule has 1 atom stereocenters. The molecule has 1 aromatic rings. The lowest BCUT2D eigenvalue weighted by Gasteiger charge is -2.05. The van der Waals surface area contributed by atoms with Gasteiger partial charge in [0.2, 0.25) is 0 Å². The first-order valence-electron chi connectivity index (χ1n) is 3.78. The standard InChI is InChI=1S/C9H11BrClN/c1-6(12)2-7-3-8(10)5-9(11)4-7/h3-6H,2,12H2,1H3/t6-/m0/s1. The maximum Gasteiger partial charge on any atom is 0.0419 e. The van der Waals surface area contributed by atoms with E-state index in [1.54, 1.807) is 0 Å². The van der Waals surface area contributed by atoms with Crippen LogP contribution in [0.5, 0.6) is 0 Å². The maximum absolute atomic E-state index is 5.86. The summed E-state index contributed by atoms with van der Waals surface area (Å²) < 4.78 is 1.01. The average molecular weight is 249 g/mol. The Morgan fingerprint density at radius 2 is 2.17 bits per heavy atom. The predicted octanol–water partition coefficient (Wildman–Crippen LogP) is 2.99. The molecule has 0 spiro atoms. The molecule has 0 aliphatic heterocycles. The van der Waals surface area contributed by atoms with Gasteiger partial charge in [-0.25, -0.2) is 0 Å². The summed E-state index contributed by atoms with van der Waals surface area (Å²) in [5.74, 6) is 0. The van der Waals surface area contributed by atoms with Crippen LogP contribution < -0.4 is 5.73 Å². The van der Waals surface area contributed by atoms with Gasteiger partial charge >= 0.3 is 0 Å². The number of benzene rings is 1. The lowest BCUT2D eigenvalue weighted by atomic mass is 10.1. The van der Waals surface area contributed by atoms with Crippen LogP contribution in [0.3, 0.4) is 0 Å². The third-order valence-corrected chi connectivity index (χ3v) is 2.16. The fourth-order valence-electron chi connectivity index (χ4n) is 1.10. The minimum Gasteiger partial charge on any atom is -0.328 e. The second-order valence-electron chi connectivity index (χ2n) is 2.96. The first-order chi connectivity index (χ1) is 5.58. The van der Waals surface area contributed by atoms with Crippen LogP contribution in [0.2, 0.25) is 5.02 Å². The van der Waals surface area contributed by atoms with E-state index in [4.69, 9.17) is 17.3 Å². The quantitative estimate of drug-likeness (QED) is 0.855. The highest BCUT2D eigenvalue weighted by atomic mass is 79.9. The van der Waals surface area contributed by atoms with Gasteiger partial charge in [-0.3, -0.25) is 0 Å². The van der Waals surface area contributed by atoms with Crippen LogP contribution in [0.25, 0.3) is 0 Å². The molecule has 0 unspecified atom stereocenters. The number of rotatable bonds is 2. The van der Waals surface area contributed by atoms with E-state index < -0.39 is 0 Å². The highest BCUT2D eigenvalue weighted by molar-refractivity contribution is 9.10. The van der Waals surface area contributed by atoms with Crippen molar-refractivity contribution in [2.24, 2.45) is 5.73 Å². The minimum absolute atomic E-state index is 0.176. The molecule has 0 saturated heterocycles. The van der Waals surface area contributed by atoms with Crippen molar-refractivity contribution in [1.29, 1.82) is 0 Å². The molecule has 1 aromatic carbocycles. The molecule has 1 rings (SSSR count). The van der Waals surface area contributed by atoms with Gasteiger partial charge in [-0.05, 0) is 37.1 Å². The van der Waals surface area contributed by atoms with E-state index >= 15 is 0 Å². The van der Waals surface area contributed by atoms with Gasteiger partial charge in [0.15, 0.2) is 0 Å². The Bertz CT molecular complexity index is 253. The molecule has 66 valence electrons. The average Bonchev–Trinajstić information content (AvgIpc) is 1.81. The molecule has 0 bridgehead atoms. The van der Waals surface area contributed by atoms with E-state index in [2.05, 4.69) is 15.9 Å². The van der Waals surface area contributed by atoms with Crippen molar-refractivity contribution in [2.75, 3.05) is 0 Å². The fourth-order valence-corrected chi connectivity index (χ4v) is 2.03. The molecule has 1 nitrogen and oxygen atoms in total. The van der Waals surface area contributed by atoms with E-state index in [0.29, 0.717) is 0 Å². The van der Waals surface area contributed by atoms with Gasteiger partial charge in [0.05, 0.1) is 0 Å². The van der Waals surface area contributed by atoms with Crippen LogP contribution >= 0.6 is 27.5 Å². The summed E-state index contributed by atoms with van der Waals surface area (Å²) in [6.45, 7) is 1.98. The highest BCUT2D eigenvalue weighted by Crippen LogP contribution is 2.20. The second-order valence-corrected chi connectivity index (χ2v) is 4.31. The van der Waals surface area contributed by atoms with E-state index in [0.717, 1.165) is 15.9 Å². The Balaban J connectivity index is 2.85. The molecule has 0 amide bonds. The molecular formula is C9H11BrClN. The van der Waals surface area contributed by atoms with Gasteiger partial charge in [0.1, 0.15) is 0 Å².